The molecule has 26 heavy (non-hydrogen) atoms. The third-order valence-electron chi connectivity index (χ3n) is 3.49. The smallest absolute Gasteiger partial charge is 0.181 e. The van der Waals surface area contributed by atoms with Crippen LogP contribution in [0.15, 0.2) is 32.2 Å². The van der Waals surface area contributed by atoms with Gasteiger partial charge < -0.3 is 0 Å². The van der Waals surface area contributed by atoms with Gasteiger partial charge in [0.1, 0.15) is 11.5 Å². The second kappa shape index (κ2) is 8.86. The van der Waals surface area contributed by atoms with Crippen molar-refractivity contribution >= 4 is 21.3 Å². The van der Waals surface area contributed by atoms with Crippen LogP contribution in [0.5, 0.6) is 0 Å². The summed E-state index contributed by atoms with van der Waals surface area (Å²) < 4.78 is 33.7. The summed E-state index contributed by atoms with van der Waals surface area (Å²) in [6.07, 6.45) is 5.20. The third-order valence-corrected chi connectivity index (χ3v) is 4.30. The quantitative estimate of drug-likeness (QED) is 0.329. The van der Waals surface area contributed by atoms with E-state index in [-0.39, 0.29) is 17.3 Å². The zero-order chi connectivity index (χ0) is 19.2. The van der Waals surface area contributed by atoms with Crippen LogP contribution in [0.2, 0.25) is 0 Å². The molecule has 0 spiro atoms. The lowest BCUT2D eigenvalue weighted by atomic mass is 10.1. The predicted octanol–water partition coefficient (Wildman–Crippen LogP) is 2.62. The van der Waals surface area contributed by atoms with Gasteiger partial charge in [-0.25, -0.2) is 18.4 Å². The SMILES string of the molecule is Cc1cc(N=C(NO)c2nonc2CCCCN=S(C)(C)=O)ccc1F. The Morgan fingerprint density at radius 1 is 1.35 bits per heavy atom. The minimum atomic E-state index is -2.09. The van der Waals surface area contributed by atoms with Crippen LogP contribution in [-0.4, -0.2) is 44.6 Å². The number of halogens is 1. The Morgan fingerprint density at radius 3 is 2.77 bits per heavy atom. The fourth-order valence-corrected chi connectivity index (χ4v) is 2.77. The van der Waals surface area contributed by atoms with E-state index in [1.807, 2.05) is 5.48 Å². The Balaban J connectivity index is 2.10. The molecule has 1 aromatic heterocycles. The zero-order valence-corrected chi connectivity index (χ0v) is 15.7. The Bertz CT molecular complexity index is 895. The van der Waals surface area contributed by atoms with Gasteiger partial charge in [-0.3, -0.25) is 14.9 Å². The van der Waals surface area contributed by atoms with Crippen LogP contribution in [0.25, 0.3) is 0 Å². The Kier molecular flexibility index (Phi) is 6.81. The number of hydrogen-bond acceptors (Lipinski definition) is 7. The second-order valence-corrected chi connectivity index (χ2v) is 8.68. The fraction of sp³-hybridized carbons (Fsp3) is 0.438. The molecule has 0 aliphatic rings. The van der Waals surface area contributed by atoms with E-state index in [9.17, 15) is 13.8 Å². The summed E-state index contributed by atoms with van der Waals surface area (Å²) in [7, 11) is -2.09. The number of nitrogens with zero attached hydrogens (tertiary/aromatic N) is 4. The van der Waals surface area contributed by atoms with Crippen LogP contribution < -0.4 is 5.48 Å². The van der Waals surface area contributed by atoms with Crippen LogP contribution in [-0.2, 0) is 16.1 Å². The molecule has 0 bridgehead atoms. The Hall–Kier alpha value is -2.33. The van der Waals surface area contributed by atoms with Gasteiger partial charge in [-0.1, -0.05) is 5.16 Å². The largest absolute Gasteiger partial charge is 0.290 e. The van der Waals surface area contributed by atoms with Crippen molar-refractivity contribution in [1.29, 1.82) is 0 Å². The lowest BCUT2D eigenvalue weighted by molar-refractivity contribution is 0.234. The summed E-state index contributed by atoms with van der Waals surface area (Å²) in [6, 6.07) is 4.34. The van der Waals surface area contributed by atoms with Gasteiger partial charge >= 0.3 is 0 Å². The molecule has 0 saturated heterocycles. The highest BCUT2D eigenvalue weighted by Crippen LogP contribution is 2.18. The molecule has 2 N–H and O–H groups in total. The predicted molar refractivity (Wildman–Crippen MR) is 96.8 cm³/mol. The van der Waals surface area contributed by atoms with E-state index in [0.29, 0.717) is 29.9 Å². The maximum absolute atomic E-state index is 13.4. The van der Waals surface area contributed by atoms with E-state index in [1.54, 1.807) is 25.5 Å². The van der Waals surface area contributed by atoms with Crippen molar-refractivity contribution in [3.8, 4) is 0 Å². The summed E-state index contributed by atoms with van der Waals surface area (Å²) in [6.45, 7) is 2.12. The van der Waals surface area contributed by atoms with Gasteiger partial charge in [-0.15, -0.1) is 0 Å². The van der Waals surface area contributed by atoms with Gasteiger partial charge in [0, 0.05) is 28.8 Å². The standard InChI is InChI=1S/C16H22FN5O3S/c1-11-10-12(7-8-13(11)17)19-16(20-23)15-14(21-25-22-15)6-4-5-9-18-26(2,3)24/h7-8,10,23H,4-6,9H2,1-3H3,(H,19,20). The number of unbranched alkanes of at least 4 members (excludes halogenated alkanes) is 1. The second-order valence-electron chi connectivity index (χ2n) is 6.06. The molecule has 2 rings (SSSR count). The molecule has 142 valence electrons. The first-order valence-electron chi connectivity index (χ1n) is 8.00. The van der Waals surface area contributed by atoms with Crippen molar-refractivity contribution in [2.75, 3.05) is 19.1 Å². The minimum absolute atomic E-state index is 0.0575. The third kappa shape index (κ3) is 5.88. The average Bonchev–Trinajstić information content (AvgIpc) is 3.03. The molecule has 2 aromatic rings. The van der Waals surface area contributed by atoms with Crippen LogP contribution in [0.4, 0.5) is 10.1 Å². The average molecular weight is 383 g/mol. The normalized spacial score (nSPS) is 12.3. The molecule has 1 heterocycles. The van der Waals surface area contributed by atoms with Crippen molar-refractivity contribution in [1.82, 2.24) is 15.8 Å². The number of hydrogen-bond donors (Lipinski definition) is 2. The maximum atomic E-state index is 13.4. The molecular formula is C16H22FN5O3S. The first-order chi connectivity index (χ1) is 12.3. The molecule has 8 nitrogen and oxygen atoms in total. The first kappa shape index (κ1) is 20.0. The molecule has 0 radical (unpaired) electrons. The van der Waals surface area contributed by atoms with Crippen molar-refractivity contribution in [3.05, 3.63) is 41.0 Å². The number of aryl methyl sites for hydroxylation is 2. The molecule has 1 aromatic carbocycles. The van der Waals surface area contributed by atoms with E-state index < -0.39 is 9.73 Å². The van der Waals surface area contributed by atoms with Crippen LogP contribution in [0.1, 0.15) is 29.8 Å². The summed E-state index contributed by atoms with van der Waals surface area (Å²) in [5.74, 6) is -0.276. The van der Waals surface area contributed by atoms with Crippen LogP contribution in [0.3, 0.4) is 0 Å². The molecule has 10 heteroatoms. The van der Waals surface area contributed by atoms with Gasteiger partial charge in [-0.05, 0) is 55.1 Å². The molecule has 0 fully saturated rings. The van der Waals surface area contributed by atoms with Gasteiger partial charge in [0.25, 0.3) is 0 Å². The van der Waals surface area contributed by atoms with Crippen LogP contribution >= 0.6 is 0 Å². The van der Waals surface area contributed by atoms with Gasteiger partial charge in [-0.2, -0.15) is 0 Å². The van der Waals surface area contributed by atoms with E-state index in [0.717, 1.165) is 12.8 Å². The Labute approximate surface area is 151 Å². The first-order valence-corrected chi connectivity index (χ1v) is 10.3. The lowest BCUT2D eigenvalue weighted by Gasteiger charge is -2.04. The molecule has 0 unspecified atom stereocenters. The monoisotopic (exact) mass is 383 g/mol. The fourth-order valence-electron chi connectivity index (χ4n) is 2.20. The number of aromatic nitrogens is 2. The van der Waals surface area contributed by atoms with Crippen molar-refractivity contribution in [3.63, 3.8) is 0 Å². The number of rotatable bonds is 7. The molecule has 0 aliphatic heterocycles. The molecule has 0 saturated carbocycles. The van der Waals surface area contributed by atoms with Gasteiger partial charge in [0.05, 0.1) is 5.69 Å². The van der Waals surface area contributed by atoms with Crippen molar-refractivity contribution in [2.45, 2.75) is 26.2 Å². The number of hydroxylamine groups is 1. The highest BCUT2D eigenvalue weighted by atomic mass is 32.2. The van der Waals surface area contributed by atoms with E-state index in [4.69, 9.17) is 4.63 Å². The van der Waals surface area contributed by atoms with E-state index in [2.05, 4.69) is 19.7 Å². The topological polar surface area (TPSA) is 113 Å². The van der Waals surface area contributed by atoms with Crippen molar-refractivity contribution in [2.24, 2.45) is 9.36 Å². The summed E-state index contributed by atoms with van der Waals surface area (Å²) in [5.41, 5.74) is 3.68. The summed E-state index contributed by atoms with van der Waals surface area (Å²) in [5, 5.41) is 17.0. The Morgan fingerprint density at radius 2 is 2.12 bits per heavy atom. The van der Waals surface area contributed by atoms with E-state index in [1.165, 1.54) is 12.1 Å². The van der Waals surface area contributed by atoms with Crippen LogP contribution in [0, 0.1) is 12.7 Å². The molecule has 0 atom stereocenters. The zero-order valence-electron chi connectivity index (χ0n) is 14.9. The maximum Gasteiger partial charge on any atom is 0.181 e. The summed E-state index contributed by atoms with van der Waals surface area (Å²) in [4.78, 5) is 4.23. The number of aliphatic imine (C=N–C) groups is 1. The minimum Gasteiger partial charge on any atom is -0.290 e. The highest BCUT2D eigenvalue weighted by molar-refractivity contribution is 7.92. The number of amidine groups is 1. The van der Waals surface area contributed by atoms with Gasteiger partial charge in [0.15, 0.2) is 11.5 Å². The highest BCUT2D eigenvalue weighted by Gasteiger charge is 2.16. The lowest BCUT2D eigenvalue weighted by Crippen LogP contribution is -2.22. The molecule has 0 amide bonds. The van der Waals surface area contributed by atoms with E-state index >= 15 is 0 Å². The number of benzene rings is 1. The number of nitrogens with one attached hydrogen (secondary N) is 1. The molecular weight excluding hydrogens is 361 g/mol. The van der Waals surface area contributed by atoms with Gasteiger partial charge in [0.2, 0.25) is 0 Å². The molecule has 0 aliphatic carbocycles. The van der Waals surface area contributed by atoms with Crippen molar-refractivity contribution < 1.29 is 18.4 Å². The summed E-state index contributed by atoms with van der Waals surface area (Å²) >= 11 is 0.